The number of carbonyl (C=O) groups excluding carboxylic acids is 1. The number of tetrazole rings is 1. The molecule has 0 aliphatic carbocycles. The van der Waals surface area contributed by atoms with E-state index in [-0.39, 0.29) is 10.9 Å². The van der Waals surface area contributed by atoms with Gasteiger partial charge in [-0.1, -0.05) is 73.3 Å². The van der Waals surface area contributed by atoms with Crippen LogP contribution < -0.4 is 5.43 Å². The number of aliphatic imine (C=N–C) groups is 1. The molecule has 35 heavy (non-hydrogen) atoms. The van der Waals surface area contributed by atoms with Crippen molar-refractivity contribution in [3.05, 3.63) is 89.7 Å². The highest BCUT2D eigenvalue weighted by atomic mass is 32.2. The lowest BCUT2D eigenvalue weighted by atomic mass is 9.98. The molecule has 3 aromatic carbocycles. The first-order valence-electron chi connectivity index (χ1n) is 11.1. The van der Waals surface area contributed by atoms with Crippen molar-refractivity contribution in [3.63, 3.8) is 0 Å². The third-order valence-corrected chi connectivity index (χ3v) is 6.78. The minimum atomic E-state index is -0.469. The molecule has 1 fully saturated rings. The average molecular weight is 488 g/mol. The number of hydrogen-bond donors (Lipinski definition) is 2. The minimum Gasteiger partial charge on any atom is -0.281 e. The molecular formula is C25H22FN7OS. The predicted octanol–water partition coefficient (Wildman–Crippen LogP) is 4.66. The van der Waals surface area contributed by atoms with Gasteiger partial charge in [0.15, 0.2) is 5.17 Å². The van der Waals surface area contributed by atoms with Crippen LogP contribution in [0.15, 0.2) is 77.8 Å². The van der Waals surface area contributed by atoms with Crippen LogP contribution >= 0.6 is 11.8 Å². The van der Waals surface area contributed by atoms with E-state index in [0.717, 1.165) is 28.7 Å². The van der Waals surface area contributed by atoms with Crippen LogP contribution in [-0.4, -0.2) is 42.1 Å². The topological polar surface area (TPSA) is 99.2 Å². The summed E-state index contributed by atoms with van der Waals surface area (Å²) in [5.74, 6) is -0.390. The van der Waals surface area contributed by atoms with Crippen molar-refractivity contribution in [1.29, 1.82) is 0 Å². The van der Waals surface area contributed by atoms with Crippen molar-refractivity contribution < 1.29 is 9.18 Å². The van der Waals surface area contributed by atoms with Gasteiger partial charge in [0.2, 0.25) is 5.82 Å². The molecule has 1 aliphatic rings. The van der Waals surface area contributed by atoms with Crippen LogP contribution in [0.3, 0.4) is 0 Å². The van der Waals surface area contributed by atoms with Gasteiger partial charge in [0, 0.05) is 11.1 Å². The fourth-order valence-electron chi connectivity index (χ4n) is 3.77. The van der Waals surface area contributed by atoms with Crippen LogP contribution in [0, 0.1) is 5.82 Å². The maximum absolute atomic E-state index is 13.5. The van der Waals surface area contributed by atoms with Crippen LogP contribution in [0.25, 0.3) is 22.5 Å². The van der Waals surface area contributed by atoms with E-state index in [1.165, 1.54) is 30.0 Å². The van der Waals surface area contributed by atoms with Gasteiger partial charge in [-0.2, -0.15) is 10.2 Å². The van der Waals surface area contributed by atoms with Crippen LogP contribution in [0.1, 0.15) is 29.3 Å². The average Bonchev–Trinajstić information content (AvgIpc) is 3.55. The molecule has 0 bridgehead atoms. The summed E-state index contributed by atoms with van der Waals surface area (Å²) in [7, 11) is 0. The lowest BCUT2D eigenvalue weighted by Crippen LogP contribution is -2.37. The second-order valence-corrected chi connectivity index (χ2v) is 9.09. The maximum Gasteiger partial charge on any atom is 0.279 e. The molecule has 0 saturated carbocycles. The highest BCUT2D eigenvalue weighted by Gasteiger charge is 2.28. The van der Waals surface area contributed by atoms with Gasteiger partial charge in [-0.3, -0.25) is 9.80 Å². The van der Waals surface area contributed by atoms with E-state index in [1.807, 2.05) is 53.5 Å². The fourth-order valence-corrected chi connectivity index (χ4v) is 4.75. The first kappa shape index (κ1) is 22.9. The van der Waals surface area contributed by atoms with E-state index < -0.39 is 11.7 Å². The summed E-state index contributed by atoms with van der Waals surface area (Å²) in [6.07, 6.45) is 0.861. The number of thioether (sulfide) groups is 1. The van der Waals surface area contributed by atoms with Crippen LogP contribution in [0.4, 0.5) is 4.39 Å². The number of nitrogens with one attached hydrogen (secondary N) is 2. The molecule has 8 nitrogen and oxygen atoms in total. The number of rotatable bonds is 6. The molecule has 176 valence electrons. The number of hydrogen-bond acceptors (Lipinski definition) is 6. The molecular weight excluding hydrogens is 465 g/mol. The van der Waals surface area contributed by atoms with Crippen molar-refractivity contribution in [2.45, 2.75) is 25.3 Å². The van der Waals surface area contributed by atoms with Crippen molar-refractivity contribution in [2.75, 3.05) is 0 Å². The Balaban J connectivity index is 1.36. The first-order chi connectivity index (χ1) is 17.1. The standard InChI is InChI=1S/C25H22FN7OS/c1-2-22-30-33(25(35-22)27-24(34)18-6-5-7-19(26)14-18)15-16-10-12-17(13-11-16)20-8-3-4-9-21(20)23-28-31-32-29-23/h3-14,22,30H,2,15H2,1H3,(H,28,29,31,32). The van der Waals surface area contributed by atoms with Crippen molar-refractivity contribution in [3.8, 4) is 22.5 Å². The zero-order valence-electron chi connectivity index (χ0n) is 18.9. The monoisotopic (exact) mass is 487 g/mol. The van der Waals surface area contributed by atoms with E-state index in [9.17, 15) is 9.18 Å². The number of hydrazine groups is 1. The summed E-state index contributed by atoms with van der Waals surface area (Å²) in [5.41, 5.74) is 7.58. The normalized spacial score (nSPS) is 16.7. The van der Waals surface area contributed by atoms with E-state index in [4.69, 9.17) is 0 Å². The zero-order valence-corrected chi connectivity index (χ0v) is 19.7. The van der Waals surface area contributed by atoms with Crippen molar-refractivity contribution in [2.24, 2.45) is 4.99 Å². The van der Waals surface area contributed by atoms with Gasteiger partial charge in [-0.15, -0.1) is 10.2 Å². The highest BCUT2D eigenvalue weighted by molar-refractivity contribution is 8.14. The summed E-state index contributed by atoms with van der Waals surface area (Å²) in [6, 6.07) is 21.6. The molecule has 1 aliphatic heterocycles. The Labute approximate surface area is 205 Å². The smallest absolute Gasteiger partial charge is 0.279 e. The largest absolute Gasteiger partial charge is 0.281 e. The molecule has 0 spiro atoms. The number of amidine groups is 1. The van der Waals surface area contributed by atoms with Crippen molar-refractivity contribution in [1.82, 2.24) is 31.1 Å². The van der Waals surface area contributed by atoms with E-state index in [2.05, 4.69) is 38.0 Å². The number of halogens is 1. The van der Waals surface area contributed by atoms with E-state index >= 15 is 0 Å². The van der Waals surface area contributed by atoms with E-state index in [0.29, 0.717) is 17.5 Å². The number of H-pyrrole nitrogens is 1. The molecule has 0 radical (unpaired) electrons. The second kappa shape index (κ2) is 10.2. The number of aromatic nitrogens is 4. The zero-order chi connectivity index (χ0) is 24.2. The number of carbonyl (C=O) groups is 1. The Morgan fingerprint density at radius 2 is 1.89 bits per heavy atom. The van der Waals surface area contributed by atoms with Gasteiger partial charge < -0.3 is 0 Å². The minimum absolute atomic E-state index is 0.107. The molecule has 2 heterocycles. The number of benzene rings is 3. The summed E-state index contributed by atoms with van der Waals surface area (Å²) in [4.78, 5) is 16.9. The molecule has 1 saturated heterocycles. The molecule has 1 unspecified atom stereocenters. The summed E-state index contributed by atoms with van der Waals surface area (Å²) in [5, 5.41) is 16.9. The fraction of sp³-hybridized carbons (Fsp3) is 0.160. The highest BCUT2D eigenvalue weighted by Crippen LogP contribution is 2.31. The van der Waals surface area contributed by atoms with Crippen LogP contribution in [0.5, 0.6) is 0 Å². The summed E-state index contributed by atoms with van der Waals surface area (Å²) < 4.78 is 13.5. The number of amides is 1. The third-order valence-electron chi connectivity index (χ3n) is 5.54. The molecule has 10 heteroatoms. The molecule has 5 rings (SSSR count). The quantitative estimate of drug-likeness (QED) is 0.408. The van der Waals surface area contributed by atoms with Gasteiger partial charge in [0.05, 0.1) is 11.9 Å². The van der Waals surface area contributed by atoms with Crippen molar-refractivity contribution >= 4 is 22.8 Å². The van der Waals surface area contributed by atoms with Crippen LogP contribution in [0.2, 0.25) is 0 Å². The molecule has 2 N–H and O–H groups in total. The lowest BCUT2D eigenvalue weighted by Gasteiger charge is -2.19. The SMILES string of the molecule is CCC1NN(Cc2ccc(-c3ccccc3-c3nn[nH]n3)cc2)C(=NC(=O)c2cccc(F)c2)S1. The summed E-state index contributed by atoms with van der Waals surface area (Å²) >= 11 is 1.49. The Morgan fingerprint density at radius 3 is 2.60 bits per heavy atom. The predicted molar refractivity (Wildman–Crippen MR) is 134 cm³/mol. The molecule has 1 atom stereocenters. The third kappa shape index (κ3) is 5.13. The lowest BCUT2D eigenvalue weighted by molar-refractivity contribution is 0.100. The Kier molecular flexibility index (Phi) is 6.64. The van der Waals surface area contributed by atoms with Gasteiger partial charge in [-0.05, 0) is 46.5 Å². The van der Waals surface area contributed by atoms with Gasteiger partial charge in [-0.25, -0.2) is 9.82 Å². The Bertz CT molecular complexity index is 1360. The Hall–Kier alpha value is -3.89. The maximum atomic E-state index is 13.5. The van der Waals surface area contributed by atoms with Gasteiger partial charge >= 0.3 is 0 Å². The van der Waals surface area contributed by atoms with Crippen LogP contribution in [-0.2, 0) is 6.54 Å². The Morgan fingerprint density at radius 1 is 1.09 bits per heavy atom. The van der Waals surface area contributed by atoms with E-state index in [1.54, 1.807) is 6.07 Å². The molecule has 1 amide bonds. The summed E-state index contributed by atoms with van der Waals surface area (Å²) in [6.45, 7) is 2.59. The van der Waals surface area contributed by atoms with Gasteiger partial charge in [0.1, 0.15) is 5.82 Å². The second-order valence-electron chi connectivity index (χ2n) is 7.92. The number of aromatic amines is 1. The van der Waals surface area contributed by atoms with Gasteiger partial charge in [0.25, 0.3) is 5.91 Å². The number of nitrogens with zero attached hydrogens (tertiary/aromatic N) is 5. The molecule has 4 aromatic rings. The molecule has 1 aromatic heterocycles. The first-order valence-corrected chi connectivity index (χ1v) is 12.0.